The molecule has 0 aliphatic heterocycles. The van der Waals surface area contributed by atoms with Gasteiger partial charge >= 0.3 is 6.03 Å². The third-order valence-corrected chi connectivity index (χ3v) is 3.07. The Labute approximate surface area is 143 Å². The molecule has 0 aliphatic rings. The number of nitriles is 1. The van der Waals surface area contributed by atoms with E-state index in [-0.39, 0.29) is 17.8 Å². The molecule has 0 unspecified atom stereocenters. The lowest BCUT2D eigenvalue weighted by Gasteiger charge is -2.12. The number of rotatable bonds is 6. The van der Waals surface area contributed by atoms with Crippen molar-refractivity contribution in [3.63, 3.8) is 0 Å². The van der Waals surface area contributed by atoms with E-state index in [4.69, 9.17) is 22.0 Å². The van der Waals surface area contributed by atoms with Crippen LogP contribution in [0.4, 0.5) is 10.5 Å². The number of carbonyl (C=O) groups excluding carboxylic acids is 2. The Kier molecular flexibility index (Phi) is 7.71. The second kappa shape index (κ2) is 9.52. The fourth-order valence-electron chi connectivity index (χ4n) is 1.62. The van der Waals surface area contributed by atoms with E-state index in [9.17, 15) is 14.7 Å². The van der Waals surface area contributed by atoms with Crippen molar-refractivity contribution in [1.82, 2.24) is 10.6 Å². The minimum atomic E-state index is -1.03. The predicted octanol–water partition coefficient (Wildman–Crippen LogP) is 0.728. The van der Waals surface area contributed by atoms with Crippen molar-refractivity contribution in [2.75, 3.05) is 18.5 Å². The summed E-state index contributed by atoms with van der Waals surface area (Å²) in [6.45, 7) is 0.934. The number of carbonyl (C=O) groups is 2. The first-order chi connectivity index (χ1) is 11.4. The van der Waals surface area contributed by atoms with Crippen molar-refractivity contribution in [2.24, 2.45) is 0 Å². The van der Waals surface area contributed by atoms with E-state index < -0.39 is 24.6 Å². The summed E-state index contributed by atoms with van der Waals surface area (Å²) in [5, 5.41) is 34.5. The maximum Gasteiger partial charge on any atom is 0.326 e. The van der Waals surface area contributed by atoms with Gasteiger partial charge in [-0.3, -0.25) is 10.1 Å². The minimum absolute atomic E-state index is 0.0461. The molecule has 8 nitrogen and oxygen atoms in total. The molecule has 0 saturated heterocycles. The number of nitrogens with zero attached hydrogens (tertiary/aromatic N) is 1. The van der Waals surface area contributed by atoms with Gasteiger partial charge in [0.25, 0.3) is 5.91 Å². The molecule has 0 aromatic heterocycles. The Morgan fingerprint density at radius 2 is 2.12 bits per heavy atom. The second-order valence-electron chi connectivity index (χ2n) is 4.75. The van der Waals surface area contributed by atoms with Gasteiger partial charge in [-0.1, -0.05) is 17.7 Å². The molecule has 1 aromatic rings. The van der Waals surface area contributed by atoms with E-state index in [1.165, 1.54) is 13.0 Å². The molecular weight excluding hydrogens is 336 g/mol. The summed E-state index contributed by atoms with van der Waals surface area (Å²) in [5.74, 6) is -0.902. The Bertz CT molecular complexity index is 684. The highest BCUT2D eigenvalue weighted by Crippen LogP contribution is 2.14. The lowest BCUT2D eigenvalue weighted by Crippen LogP contribution is -2.37. The largest absolute Gasteiger partial charge is 0.394 e. The summed E-state index contributed by atoms with van der Waals surface area (Å²) in [6, 6.07) is 7.19. The first-order valence-corrected chi connectivity index (χ1v) is 7.26. The van der Waals surface area contributed by atoms with E-state index in [2.05, 4.69) is 10.6 Å². The summed E-state index contributed by atoms with van der Waals surface area (Å²) in [4.78, 5) is 23.7. The van der Waals surface area contributed by atoms with E-state index in [0.717, 1.165) is 0 Å². The van der Waals surface area contributed by atoms with Gasteiger partial charge in [-0.05, 0) is 25.1 Å². The molecule has 0 spiro atoms. The molecule has 0 aliphatic carbocycles. The first kappa shape index (κ1) is 19.4. The monoisotopic (exact) mass is 352 g/mol. The number of anilines is 1. The fourth-order valence-corrected chi connectivity index (χ4v) is 1.81. The van der Waals surface area contributed by atoms with Gasteiger partial charge in [0.1, 0.15) is 11.6 Å². The first-order valence-electron chi connectivity index (χ1n) is 6.89. The summed E-state index contributed by atoms with van der Waals surface area (Å²) in [5.41, 5.74) is 0.232. The molecule has 1 atom stereocenters. The number of halogens is 1. The molecular formula is C15H17ClN4O4. The Hall–Kier alpha value is -2.60. The number of hydrogen-bond donors (Lipinski definition) is 5. The highest BCUT2D eigenvalue weighted by atomic mass is 35.5. The standard InChI is InChI=1S/C15H17ClN4O4/c1-9(18-7-12(22)8-21)13(6-17)14(23)20-15(24)19-11-4-2-3-10(16)5-11/h2-5,12,18,21-22H,7-8H2,1H3,(H2,19,20,23,24)/b13-9-/t12-/m0/s1. The fraction of sp³-hybridized carbons (Fsp3) is 0.267. The van der Waals surface area contributed by atoms with Gasteiger partial charge in [-0.2, -0.15) is 5.26 Å². The summed E-state index contributed by atoms with van der Waals surface area (Å²) >= 11 is 5.79. The van der Waals surface area contributed by atoms with Gasteiger partial charge in [0.2, 0.25) is 0 Å². The topological polar surface area (TPSA) is 134 Å². The lowest BCUT2D eigenvalue weighted by atomic mass is 10.2. The van der Waals surface area contributed by atoms with Crippen LogP contribution in [0.5, 0.6) is 0 Å². The van der Waals surface area contributed by atoms with Crippen LogP contribution in [0, 0.1) is 11.3 Å². The summed E-state index contributed by atoms with van der Waals surface area (Å²) in [6.07, 6.45) is -1.03. The van der Waals surface area contributed by atoms with E-state index in [1.54, 1.807) is 24.3 Å². The van der Waals surface area contributed by atoms with Crippen LogP contribution >= 0.6 is 11.6 Å². The molecule has 9 heteroatoms. The number of aliphatic hydroxyl groups excluding tert-OH is 2. The van der Waals surface area contributed by atoms with Crippen LogP contribution in [0.3, 0.4) is 0 Å². The van der Waals surface area contributed by atoms with Crippen molar-refractivity contribution in [3.8, 4) is 6.07 Å². The van der Waals surface area contributed by atoms with Gasteiger partial charge in [0, 0.05) is 23.0 Å². The number of benzene rings is 1. The van der Waals surface area contributed by atoms with Crippen molar-refractivity contribution >= 4 is 29.2 Å². The number of allylic oxidation sites excluding steroid dienone is 1. The maximum atomic E-state index is 12.0. The zero-order chi connectivity index (χ0) is 18.1. The number of aliphatic hydroxyl groups is 2. The molecule has 1 rings (SSSR count). The van der Waals surface area contributed by atoms with Gasteiger partial charge in [0.05, 0.1) is 12.7 Å². The number of hydrogen-bond acceptors (Lipinski definition) is 6. The maximum absolute atomic E-state index is 12.0. The van der Waals surface area contributed by atoms with Crippen LogP contribution in [-0.2, 0) is 4.79 Å². The lowest BCUT2D eigenvalue weighted by molar-refractivity contribution is -0.116. The van der Waals surface area contributed by atoms with Gasteiger partial charge in [0.15, 0.2) is 0 Å². The molecule has 0 heterocycles. The van der Waals surface area contributed by atoms with Crippen LogP contribution in [0.25, 0.3) is 0 Å². The Morgan fingerprint density at radius 1 is 1.42 bits per heavy atom. The van der Waals surface area contributed by atoms with Gasteiger partial charge in [-0.15, -0.1) is 0 Å². The van der Waals surface area contributed by atoms with Crippen molar-refractivity contribution in [2.45, 2.75) is 13.0 Å². The van der Waals surface area contributed by atoms with E-state index in [1.807, 2.05) is 5.32 Å². The van der Waals surface area contributed by atoms with Crippen LogP contribution < -0.4 is 16.0 Å². The molecule has 3 amide bonds. The SMILES string of the molecule is C/C(NC[C@H](O)CO)=C(\C#N)C(=O)NC(=O)Nc1cccc(Cl)c1. The highest BCUT2D eigenvalue weighted by Gasteiger charge is 2.16. The van der Waals surface area contributed by atoms with E-state index in [0.29, 0.717) is 10.7 Å². The van der Waals surface area contributed by atoms with Crippen LogP contribution in [-0.4, -0.2) is 41.4 Å². The van der Waals surface area contributed by atoms with Crippen LogP contribution in [0.15, 0.2) is 35.5 Å². The molecule has 128 valence electrons. The van der Waals surface area contributed by atoms with Gasteiger partial charge < -0.3 is 20.8 Å². The summed E-state index contributed by atoms with van der Waals surface area (Å²) in [7, 11) is 0. The Balaban J connectivity index is 2.69. The minimum Gasteiger partial charge on any atom is -0.394 e. The van der Waals surface area contributed by atoms with Crippen molar-refractivity contribution in [1.29, 1.82) is 5.26 Å². The number of amides is 3. The zero-order valence-electron chi connectivity index (χ0n) is 12.8. The number of nitrogens with one attached hydrogen (secondary N) is 3. The number of urea groups is 1. The Morgan fingerprint density at radius 3 is 2.71 bits per heavy atom. The smallest absolute Gasteiger partial charge is 0.326 e. The summed E-state index contributed by atoms with van der Waals surface area (Å²) < 4.78 is 0. The predicted molar refractivity (Wildman–Crippen MR) is 88.0 cm³/mol. The molecule has 0 fully saturated rings. The van der Waals surface area contributed by atoms with Gasteiger partial charge in [-0.25, -0.2) is 4.79 Å². The molecule has 0 saturated carbocycles. The molecule has 5 N–H and O–H groups in total. The van der Waals surface area contributed by atoms with E-state index >= 15 is 0 Å². The third kappa shape index (κ3) is 6.26. The van der Waals surface area contributed by atoms with Crippen molar-refractivity contribution < 1.29 is 19.8 Å². The van der Waals surface area contributed by atoms with Crippen LogP contribution in [0.1, 0.15) is 6.92 Å². The normalized spacial score (nSPS) is 12.5. The number of imide groups is 1. The quantitative estimate of drug-likeness (QED) is 0.378. The van der Waals surface area contributed by atoms with Crippen LogP contribution in [0.2, 0.25) is 5.02 Å². The third-order valence-electron chi connectivity index (χ3n) is 2.84. The molecule has 1 aromatic carbocycles. The molecule has 0 bridgehead atoms. The average Bonchev–Trinajstić information content (AvgIpc) is 2.52. The molecule has 0 radical (unpaired) electrons. The van der Waals surface area contributed by atoms with Crippen molar-refractivity contribution in [3.05, 3.63) is 40.6 Å². The second-order valence-corrected chi connectivity index (χ2v) is 5.18. The zero-order valence-corrected chi connectivity index (χ0v) is 13.6. The molecule has 24 heavy (non-hydrogen) atoms. The highest BCUT2D eigenvalue weighted by molar-refractivity contribution is 6.30. The average molecular weight is 353 g/mol.